The molecule has 1 aromatic carbocycles. The van der Waals surface area contributed by atoms with Crippen LogP contribution in [0, 0.1) is 5.92 Å². The lowest BCUT2D eigenvalue weighted by atomic mass is 9.95. The van der Waals surface area contributed by atoms with Crippen molar-refractivity contribution in [3.8, 4) is 5.75 Å². The third-order valence-electron chi connectivity index (χ3n) is 4.94. The fraction of sp³-hybridized carbons (Fsp3) is 0.391. The van der Waals surface area contributed by atoms with Crippen molar-refractivity contribution >= 4 is 22.7 Å². The minimum absolute atomic E-state index is 0.119. The minimum Gasteiger partial charge on any atom is -0.494 e. The fourth-order valence-corrected chi connectivity index (χ4v) is 3.45. The van der Waals surface area contributed by atoms with E-state index in [1.54, 1.807) is 6.20 Å². The van der Waals surface area contributed by atoms with Crippen molar-refractivity contribution in [3.63, 3.8) is 0 Å². The van der Waals surface area contributed by atoms with Gasteiger partial charge in [0.15, 0.2) is 0 Å². The van der Waals surface area contributed by atoms with Gasteiger partial charge in [0.05, 0.1) is 19.6 Å². The number of nitrogens with zero attached hydrogens (tertiary/aromatic N) is 1. The zero-order chi connectivity index (χ0) is 20.5. The van der Waals surface area contributed by atoms with Gasteiger partial charge in [-0.2, -0.15) is 0 Å². The smallest absolute Gasteiger partial charge is 0.308 e. The molecule has 2 heterocycles. The summed E-state index contributed by atoms with van der Waals surface area (Å²) < 4.78 is 10.9. The SMILES string of the molecule is CCCC(Cc1c[nH]c2ccc(OCCCNc3ccccn3)cc12)C(=O)OC. The highest BCUT2D eigenvalue weighted by atomic mass is 16.5. The number of hydrogen-bond donors (Lipinski definition) is 2. The van der Waals surface area contributed by atoms with Crippen LogP contribution in [0.1, 0.15) is 31.7 Å². The highest BCUT2D eigenvalue weighted by molar-refractivity contribution is 5.85. The first kappa shape index (κ1) is 20.7. The number of hydrogen-bond acceptors (Lipinski definition) is 5. The van der Waals surface area contributed by atoms with Gasteiger partial charge in [0.25, 0.3) is 0 Å². The number of nitrogens with one attached hydrogen (secondary N) is 2. The molecule has 6 nitrogen and oxygen atoms in total. The molecule has 0 saturated carbocycles. The van der Waals surface area contributed by atoms with Gasteiger partial charge in [-0.3, -0.25) is 4.79 Å². The lowest BCUT2D eigenvalue weighted by Gasteiger charge is -2.13. The zero-order valence-corrected chi connectivity index (χ0v) is 17.1. The number of aromatic nitrogens is 2. The van der Waals surface area contributed by atoms with Crippen LogP contribution in [0.15, 0.2) is 48.8 Å². The summed E-state index contributed by atoms with van der Waals surface area (Å²) in [6, 6.07) is 11.8. The van der Waals surface area contributed by atoms with Crippen molar-refractivity contribution in [2.45, 2.75) is 32.6 Å². The van der Waals surface area contributed by atoms with E-state index in [1.807, 2.05) is 42.6 Å². The van der Waals surface area contributed by atoms with E-state index >= 15 is 0 Å². The van der Waals surface area contributed by atoms with Crippen molar-refractivity contribution in [3.05, 3.63) is 54.4 Å². The maximum Gasteiger partial charge on any atom is 0.308 e. The van der Waals surface area contributed by atoms with E-state index in [9.17, 15) is 4.79 Å². The second-order valence-electron chi connectivity index (χ2n) is 7.08. The molecule has 0 radical (unpaired) electrons. The molecule has 0 bridgehead atoms. The van der Waals surface area contributed by atoms with Gasteiger partial charge >= 0.3 is 5.97 Å². The van der Waals surface area contributed by atoms with Crippen LogP contribution >= 0.6 is 0 Å². The number of pyridine rings is 1. The van der Waals surface area contributed by atoms with E-state index in [2.05, 4.69) is 22.2 Å². The minimum atomic E-state index is -0.144. The van der Waals surface area contributed by atoms with Crippen LogP contribution in [0.5, 0.6) is 5.75 Å². The number of aromatic amines is 1. The van der Waals surface area contributed by atoms with Crippen molar-refractivity contribution in [2.24, 2.45) is 5.92 Å². The van der Waals surface area contributed by atoms with E-state index in [1.165, 1.54) is 7.11 Å². The van der Waals surface area contributed by atoms with Gasteiger partial charge in [-0.1, -0.05) is 19.4 Å². The Morgan fingerprint density at radius 3 is 2.93 bits per heavy atom. The molecule has 29 heavy (non-hydrogen) atoms. The predicted octanol–water partition coefficient (Wildman–Crippen LogP) is 4.58. The highest BCUT2D eigenvalue weighted by Crippen LogP contribution is 2.27. The summed E-state index contributed by atoms with van der Waals surface area (Å²) in [5.41, 5.74) is 2.16. The molecule has 0 aliphatic carbocycles. The van der Waals surface area contributed by atoms with Gasteiger partial charge in [0.2, 0.25) is 0 Å². The lowest BCUT2D eigenvalue weighted by molar-refractivity contribution is -0.145. The Balaban J connectivity index is 1.57. The third kappa shape index (κ3) is 5.73. The van der Waals surface area contributed by atoms with Crippen LogP contribution in [0.4, 0.5) is 5.82 Å². The number of carbonyl (C=O) groups excluding carboxylic acids is 1. The number of esters is 1. The second-order valence-corrected chi connectivity index (χ2v) is 7.08. The average molecular weight is 396 g/mol. The maximum atomic E-state index is 12.1. The molecule has 2 N–H and O–H groups in total. The van der Waals surface area contributed by atoms with E-state index in [0.29, 0.717) is 13.0 Å². The van der Waals surface area contributed by atoms with Crippen LogP contribution < -0.4 is 10.1 Å². The first-order chi connectivity index (χ1) is 14.2. The first-order valence-corrected chi connectivity index (χ1v) is 10.2. The Hall–Kier alpha value is -3.02. The topological polar surface area (TPSA) is 76.2 Å². The fourth-order valence-electron chi connectivity index (χ4n) is 3.45. The first-order valence-electron chi connectivity index (χ1n) is 10.2. The van der Waals surface area contributed by atoms with E-state index in [-0.39, 0.29) is 11.9 Å². The van der Waals surface area contributed by atoms with E-state index in [0.717, 1.165) is 53.8 Å². The lowest BCUT2D eigenvalue weighted by Crippen LogP contribution is -2.18. The average Bonchev–Trinajstić information content (AvgIpc) is 3.15. The summed E-state index contributed by atoms with van der Waals surface area (Å²) in [5, 5.41) is 4.37. The number of ether oxygens (including phenoxy) is 2. The molecule has 0 fully saturated rings. The summed E-state index contributed by atoms with van der Waals surface area (Å²) in [7, 11) is 1.45. The van der Waals surface area contributed by atoms with Gasteiger partial charge in [-0.25, -0.2) is 4.98 Å². The monoisotopic (exact) mass is 395 g/mol. The molecule has 0 saturated heterocycles. The number of methoxy groups -OCH3 is 1. The van der Waals surface area contributed by atoms with Crippen molar-refractivity contribution in [1.82, 2.24) is 9.97 Å². The highest BCUT2D eigenvalue weighted by Gasteiger charge is 2.20. The number of rotatable bonds is 11. The second kappa shape index (κ2) is 10.5. The quantitative estimate of drug-likeness (QED) is 0.367. The predicted molar refractivity (Wildman–Crippen MR) is 115 cm³/mol. The largest absolute Gasteiger partial charge is 0.494 e. The van der Waals surface area contributed by atoms with Crippen molar-refractivity contribution < 1.29 is 14.3 Å². The molecule has 2 aromatic heterocycles. The van der Waals surface area contributed by atoms with Crippen molar-refractivity contribution in [2.75, 3.05) is 25.6 Å². The molecule has 0 amide bonds. The zero-order valence-electron chi connectivity index (χ0n) is 17.1. The van der Waals surface area contributed by atoms with Crippen LogP contribution in [0.2, 0.25) is 0 Å². The summed E-state index contributed by atoms with van der Waals surface area (Å²) >= 11 is 0. The summed E-state index contributed by atoms with van der Waals surface area (Å²) in [6.07, 6.45) is 7.06. The number of fused-ring (bicyclic) bond motifs is 1. The standard InChI is InChI=1S/C23H29N3O3/c1-3-7-17(23(27)28-2)14-18-16-26-21-10-9-19(15-20(18)21)29-13-6-12-25-22-8-4-5-11-24-22/h4-5,8-11,15-17,26H,3,6-7,12-14H2,1-2H3,(H,24,25). The molecular weight excluding hydrogens is 366 g/mol. The molecule has 154 valence electrons. The number of H-pyrrole nitrogens is 1. The van der Waals surface area contributed by atoms with Crippen LogP contribution in [-0.4, -0.2) is 36.2 Å². The Labute approximate surface area is 171 Å². The Morgan fingerprint density at radius 2 is 2.17 bits per heavy atom. The molecule has 3 aromatic rings. The molecule has 1 unspecified atom stereocenters. The summed E-state index contributed by atoms with van der Waals surface area (Å²) in [6.45, 7) is 3.50. The van der Waals surface area contributed by atoms with Gasteiger partial charge in [-0.15, -0.1) is 0 Å². The normalized spacial score (nSPS) is 11.9. The van der Waals surface area contributed by atoms with E-state index < -0.39 is 0 Å². The van der Waals surface area contributed by atoms with Crippen molar-refractivity contribution in [1.29, 1.82) is 0 Å². The number of anilines is 1. The Bertz CT molecular complexity index is 908. The number of benzene rings is 1. The molecular formula is C23H29N3O3. The van der Waals surface area contributed by atoms with Gasteiger partial charge < -0.3 is 19.8 Å². The number of carbonyl (C=O) groups is 1. The third-order valence-corrected chi connectivity index (χ3v) is 4.94. The van der Waals surface area contributed by atoms with Crippen LogP contribution in [-0.2, 0) is 16.0 Å². The summed E-state index contributed by atoms with van der Waals surface area (Å²) in [4.78, 5) is 19.6. The maximum absolute atomic E-state index is 12.1. The van der Waals surface area contributed by atoms with Gasteiger partial charge in [0, 0.05) is 29.8 Å². The molecule has 0 aliphatic heterocycles. The molecule has 3 rings (SSSR count). The molecule has 6 heteroatoms. The molecule has 0 aliphatic rings. The van der Waals surface area contributed by atoms with Gasteiger partial charge in [0.1, 0.15) is 11.6 Å². The molecule has 0 spiro atoms. The van der Waals surface area contributed by atoms with Crippen LogP contribution in [0.25, 0.3) is 10.9 Å². The Morgan fingerprint density at radius 1 is 1.28 bits per heavy atom. The van der Waals surface area contributed by atoms with Crippen LogP contribution in [0.3, 0.4) is 0 Å². The van der Waals surface area contributed by atoms with E-state index in [4.69, 9.17) is 9.47 Å². The summed E-state index contributed by atoms with van der Waals surface area (Å²) in [5.74, 6) is 1.44. The Kier molecular flexibility index (Phi) is 7.50. The molecule has 1 atom stereocenters. The van der Waals surface area contributed by atoms with Gasteiger partial charge in [-0.05, 0) is 55.2 Å².